The average Bonchev–Trinajstić information content (AvgIpc) is 2.90. The summed E-state index contributed by atoms with van der Waals surface area (Å²) in [6, 6.07) is 4.04. The van der Waals surface area contributed by atoms with Crippen LogP contribution >= 0.6 is 11.6 Å². The van der Waals surface area contributed by atoms with Crippen LogP contribution in [0.3, 0.4) is 0 Å². The summed E-state index contributed by atoms with van der Waals surface area (Å²) in [4.78, 5) is 18.7. The molecule has 0 aromatic carbocycles. The molecule has 1 amide bonds. The van der Waals surface area contributed by atoms with E-state index in [9.17, 15) is 4.79 Å². The highest BCUT2D eigenvalue weighted by atomic mass is 35.5. The molecule has 3 rings (SSSR count). The smallest absolute Gasteiger partial charge is 0.242 e. The average molecular weight is 309 g/mol. The van der Waals surface area contributed by atoms with Gasteiger partial charge in [-0.3, -0.25) is 4.79 Å². The van der Waals surface area contributed by atoms with Crippen molar-refractivity contribution >= 4 is 23.3 Å². The van der Waals surface area contributed by atoms with Gasteiger partial charge >= 0.3 is 0 Å². The molecule has 0 spiro atoms. The standard InChI is InChI=1S/C15H21ClN4O/c1-15-6-10(17-11(15)7-15)14(21)19-13-9(8-20(2)3)4-5-12(16)18-13/h4-5,10-11,17H,6-8H2,1-3H3,(H,18,19,21)/t10-,11+,15-/m0/s1. The van der Waals surface area contributed by atoms with Gasteiger partial charge in [0, 0.05) is 18.2 Å². The fourth-order valence-corrected chi connectivity index (χ4v) is 3.22. The number of halogens is 1. The summed E-state index contributed by atoms with van der Waals surface area (Å²) < 4.78 is 0. The molecule has 2 fully saturated rings. The van der Waals surface area contributed by atoms with Crippen molar-refractivity contribution in [1.82, 2.24) is 15.2 Å². The highest BCUT2D eigenvalue weighted by molar-refractivity contribution is 6.29. The van der Waals surface area contributed by atoms with Crippen LogP contribution in [0.15, 0.2) is 12.1 Å². The number of rotatable bonds is 4. The van der Waals surface area contributed by atoms with Gasteiger partial charge in [-0.15, -0.1) is 0 Å². The van der Waals surface area contributed by atoms with Gasteiger partial charge in [-0.1, -0.05) is 24.6 Å². The summed E-state index contributed by atoms with van der Waals surface area (Å²) in [6.07, 6.45) is 2.07. The molecular formula is C15H21ClN4O. The summed E-state index contributed by atoms with van der Waals surface area (Å²) in [5.41, 5.74) is 1.28. The zero-order valence-corrected chi connectivity index (χ0v) is 13.4. The summed E-state index contributed by atoms with van der Waals surface area (Å²) in [5, 5.41) is 6.70. The van der Waals surface area contributed by atoms with Crippen LogP contribution in [0.5, 0.6) is 0 Å². The Morgan fingerprint density at radius 2 is 2.29 bits per heavy atom. The molecule has 3 atom stereocenters. The van der Waals surface area contributed by atoms with Gasteiger partial charge in [-0.05, 0) is 38.4 Å². The van der Waals surface area contributed by atoms with Crippen molar-refractivity contribution in [2.75, 3.05) is 19.4 Å². The molecule has 1 aromatic heterocycles. The zero-order valence-electron chi connectivity index (χ0n) is 12.6. The Labute approximate surface area is 130 Å². The van der Waals surface area contributed by atoms with Gasteiger partial charge in [-0.2, -0.15) is 0 Å². The number of piperidine rings is 1. The topological polar surface area (TPSA) is 57.3 Å². The molecule has 6 heteroatoms. The van der Waals surface area contributed by atoms with Gasteiger partial charge in [0.05, 0.1) is 6.04 Å². The number of nitrogens with one attached hydrogen (secondary N) is 2. The predicted octanol–water partition coefficient (Wildman–Crippen LogP) is 1.88. The minimum atomic E-state index is -0.123. The van der Waals surface area contributed by atoms with E-state index in [2.05, 4.69) is 22.5 Å². The molecule has 1 aliphatic heterocycles. The first-order valence-corrected chi connectivity index (χ1v) is 7.62. The first-order chi connectivity index (χ1) is 9.87. The molecule has 5 nitrogen and oxygen atoms in total. The molecule has 0 bridgehead atoms. The van der Waals surface area contributed by atoms with Gasteiger partial charge in [0.25, 0.3) is 0 Å². The highest BCUT2D eigenvalue weighted by Gasteiger charge is 2.58. The Hall–Kier alpha value is -1.17. The minimum Gasteiger partial charge on any atom is -0.309 e. The zero-order chi connectivity index (χ0) is 15.2. The summed E-state index contributed by atoms with van der Waals surface area (Å²) in [7, 11) is 3.96. The summed E-state index contributed by atoms with van der Waals surface area (Å²) in [6.45, 7) is 2.94. The van der Waals surface area contributed by atoms with E-state index in [0.717, 1.165) is 12.0 Å². The number of nitrogens with zero attached hydrogens (tertiary/aromatic N) is 2. The van der Waals surface area contributed by atoms with Crippen LogP contribution in [-0.4, -0.2) is 42.0 Å². The lowest BCUT2D eigenvalue weighted by atomic mass is 10.0. The van der Waals surface area contributed by atoms with Crippen molar-refractivity contribution in [3.8, 4) is 0 Å². The second kappa shape index (κ2) is 5.23. The normalized spacial score (nSPS) is 30.3. The van der Waals surface area contributed by atoms with Crippen LogP contribution < -0.4 is 10.6 Å². The van der Waals surface area contributed by atoms with E-state index in [4.69, 9.17) is 11.6 Å². The van der Waals surface area contributed by atoms with Gasteiger partial charge in [0.2, 0.25) is 5.91 Å². The number of anilines is 1. The van der Waals surface area contributed by atoms with Crippen molar-refractivity contribution in [3.05, 3.63) is 22.8 Å². The first-order valence-electron chi connectivity index (χ1n) is 7.24. The van der Waals surface area contributed by atoms with Crippen LogP contribution in [0, 0.1) is 5.41 Å². The maximum atomic E-state index is 12.4. The van der Waals surface area contributed by atoms with E-state index < -0.39 is 0 Å². The lowest BCUT2D eigenvalue weighted by molar-refractivity contribution is -0.118. The number of hydrogen-bond donors (Lipinski definition) is 2. The van der Waals surface area contributed by atoms with Crippen molar-refractivity contribution in [2.45, 2.75) is 38.4 Å². The maximum Gasteiger partial charge on any atom is 0.242 e. The van der Waals surface area contributed by atoms with E-state index >= 15 is 0 Å². The summed E-state index contributed by atoms with van der Waals surface area (Å²) >= 11 is 5.96. The van der Waals surface area contributed by atoms with E-state index in [1.165, 1.54) is 6.42 Å². The number of carbonyl (C=O) groups excluding carboxylic acids is 1. The third-order valence-corrected chi connectivity index (χ3v) is 4.62. The Kier molecular flexibility index (Phi) is 3.67. The number of hydrogen-bond acceptors (Lipinski definition) is 4. The van der Waals surface area contributed by atoms with Gasteiger partial charge in [-0.25, -0.2) is 4.98 Å². The molecule has 2 heterocycles. The summed E-state index contributed by atoms with van der Waals surface area (Å²) in [5.74, 6) is 0.548. The Balaban J connectivity index is 1.71. The van der Waals surface area contributed by atoms with Crippen LogP contribution in [0.25, 0.3) is 0 Å². The molecule has 114 valence electrons. The fourth-order valence-electron chi connectivity index (χ4n) is 3.07. The Bertz CT molecular complexity index is 577. The van der Waals surface area contributed by atoms with Crippen molar-refractivity contribution in [3.63, 3.8) is 0 Å². The molecule has 1 saturated carbocycles. The molecule has 2 N–H and O–H groups in total. The van der Waals surface area contributed by atoms with E-state index in [-0.39, 0.29) is 11.9 Å². The molecule has 1 aliphatic carbocycles. The second-order valence-electron chi connectivity index (χ2n) is 6.70. The SMILES string of the molecule is CN(C)Cc1ccc(Cl)nc1NC(=O)[C@@H]1C[C@@]2(C)C[C@H]2N1. The third kappa shape index (κ3) is 3.05. The molecule has 21 heavy (non-hydrogen) atoms. The third-order valence-electron chi connectivity index (χ3n) is 4.41. The van der Waals surface area contributed by atoms with Gasteiger partial charge in [0.1, 0.15) is 11.0 Å². The quantitative estimate of drug-likeness (QED) is 0.834. The van der Waals surface area contributed by atoms with Gasteiger partial charge < -0.3 is 15.5 Å². The lowest BCUT2D eigenvalue weighted by Gasteiger charge is -2.17. The number of pyridine rings is 1. The van der Waals surface area contributed by atoms with Crippen LogP contribution in [0.4, 0.5) is 5.82 Å². The van der Waals surface area contributed by atoms with Crippen LogP contribution in [0.1, 0.15) is 25.3 Å². The number of fused-ring (bicyclic) bond motifs is 1. The Morgan fingerprint density at radius 1 is 1.52 bits per heavy atom. The molecule has 0 radical (unpaired) electrons. The van der Waals surface area contributed by atoms with Crippen LogP contribution in [-0.2, 0) is 11.3 Å². The van der Waals surface area contributed by atoms with E-state index in [1.54, 1.807) is 6.07 Å². The maximum absolute atomic E-state index is 12.4. The monoisotopic (exact) mass is 308 g/mol. The first kappa shape index (κ1) is 14.8. The van der Waals surface area contributed by atoms with E-state index in [0.29, 0.717) is 29.0 Å². The number of carbonyl (C=O) groups is 1. The minimum absolute atomic E-state index is 0.0156. The van der Waals surface area contributed by atoms with Crippen molar-refractivity contribution in [2.24, 2.45) is 5.41 Å². The fraction of sp³-hybridized carbons (Fsp3) is 0.600. The molecule has 2 aliphatic rings. The predicted molar refractivity (Wildman–Crippen MR) is 83.3 cm³/mol. The van der Waals surface area contributed by atoms with Crippen molar-refractivity contribution in [1.29, 1.82) is 0 Å². The molecule has 0 unspecified atom stereocenters. The Morgan fingerprint density at radius 3 is 2.90 bits per heavy atom. The molecular weight excluding hydrogens is 288 g/mol. The molecule has 1 saturated heterocycles. The van der Waals surface area contributed by atoms with Crippen LogP contribution in [0.2, 0.25) is 5.15 Å². The largest absolute Gasteiger partial charge is 0.309 e. The van der Waals surface area contributed by atoms with Crippen molar-refractivity contribution < 1.29 is 4.79 Å². The van der Waals surface area contributed by atoms with E-state index in [1.807, 2.05) is 25.1 Å². The highest BCUT2D eigenvalue weighted by Crippen LogP contribution is 2.53. The number of amides is 1. The van der Waals surface area contributed by atoms with Gasteiger partial charge in [0.15, 0.2) is 0 Å². The second-order valence-corrected chi connectivity index (χ2v) is 7.09. The lowest BCUT2D eigenvalue weighted by Crippen LogP contribution is -2.38. The molecule has 1 aromatic rings. The number of aromatic nitrogens is 1.